The van der Waals surface area contributed by atoms with Gasteiger partial charge in [0.1, 0.15) is 0 Å². The molecule has 0 N–H and O–H groups in total. The van der Waals surface area contributed by atoms with Gasteiger partial charge >= 0.3 is 0 Å². The molecule has 2 aromatic carbocycles. The number of hydrogen-bond donors (Lipinski definition) is 0. The zero-order chi connectivity index (χ0) is 15.5. The minimum atomic E-state index is -0.680. The summed E-state index contributed by atoms with van der Waals surface area (Å²) in [5.41, 5.74) is 1.07. The summed E-state index contributed by atoms with van der Waals surface area (Å²) in [6.07, 6.45) is 0.908. The average molecular weight is 292 g/mol. The standard InChI is InChI=1S/C19H16O3/c20-17(13-7-3-1-4-8-13)15-11-12-16(19(15)22)18(21)14-9-5-2-6-10-14/h1-10,15-16H,11-12H2/t15-,16-/m0/s1. The van der Waals surface area contributed by atoms with Gasteiger partial charge < -0.3 is 0 Å². The lowest BCUT2D eigenvalue weighted by Gasteiger charge is -2.09. The van der Waals surface area contributed by atoms with Crippen molar-refractivity contribution in [3.8, 4) is 0 Å². The molecular weight excluding hydrogens is 276 g/mol. The van der Waals surface area contributed by atoms with Crippen LogP contribution >= 0.6 is 0 Å². The molecule has 1 saturated carbocycles. The van der Waals surface area contributed by atoms with Crippen LogP contribution in [0.5, 0.6) is 0 Å². The summed E-state index contributed by atoms with van der Waals surface area (Å²) in [5, 5.41) is 0. The van der Waals surface area contributed by atoms with Gasteiger partial charge in [-0.15, -0.1) is 0 Å². The Morgan fingerprint density at radius 1 is 0.682 bits per heavy atom. The Morgan fingerprint density at radius 3 is 1.41 bits per heavy atom. The third-order valence-corrected chi connectivity index (χ3v) is 4.18. The van der Waals surface area contributed by atoms with Gasteiger partial charge in [-0.2, -0.15) is 0 Å². The van der Waals surface area contributed by atoms with Crippen LogP contribution in [-0.2, 0) is 4.79 Å². The maximum Gasteiger partial charge on any atom is 0.173 e. The van der Waals surface area contributed by atoms with Gasteiger partial charge in [-0.05, 0) is 12.8 Å². The van der Waals surface area contributed by atoms with E-state index in [1.807, 2.05) is 12.1 Å². The van der Waals surface area contributed by atoms with E-state index in [9.17, 15) is 14.4 Å². The van der Waals surface area contributed by atoms with Crippen LogP contribution in [0, 0.1) is 11.8 Å². The van der Waals surface area contributed by atoms with Crippen molar-refractivity contribution in [2.75, 3.05) is 0 Å². The highest BCUT2D eigenvalue weighted by Crippen LogP contribution is 2.32. The number of rotatable bonds is 4. The molecule has 3 heteroatoms. The normalized spacial score (nSPS) is 20.8. The molecule has 0 aromatic heterocycles. The maximum absolute atomic E-state index is 12.5. The molecule has 0 heterocycles. The molecule has 0 spiro atoms. The SMILES string of the molecule is O=C(c1ccccc1)[C@@H]1CC[C@@H](C(=O)c2ccccc2)C1=O. The minimum absolute atomic E-state index is 0.172. The topological polar surface area (TPSA) is 51.2 Å². The first-order valence-corrected chi connectivity index (χ1v) is 7.40. The first-order valence-electron chi connectivity index (χ1n) is 7.40. The second-order valence-electron chi connectivity index (χ2n) is 5.55. The van der Waals surface area contributed by atoms with Crippen LogP contribution in [0.3, 0.4) is 0 Å². The summed E-state index contributed by atoms with van der Waals surface area (Å²) in [6, 6.07) is 17.6. The van der Waals surface area contributed by atoms with Crippen molar-refractivity contribution in [1.29, 1.82) is 0 Å². The number of hydrogen-bond acceptors (Lipinski definition) is 3. The van der Waals surface area contributed by atoms with Crippen molar-refractivity contribution in [3.05, 3.63) is 71.8 Å². The van der Waals surface area contributed by atoms with Crippen molar-refractivity contribution in [2.45, 2.75) is 12.8 Å². The number of carbonyl (C=O) groups excluding carboxylic acids is 3. The third-order valence-electron chi connectivity index (χ3n) is 4.18. The summed E-state index contributed by atoms with van der Waals surface area (Å²) in [5.74, 6) is -1.94. The zero-order valence-electron chi connectivity index (χ0n) is 12.1. The van der Waals surface area contributed by atoms with E-state index in [1.165, 1.54) is 0 Å². The molecule has 1 aliphatic carbocycles. The van der Waals surface area contributed by atoms with Gasteiger partial charge in [0, 0.05) is 11.1 Å². The summed E-state index contributed by atoms with van der Waals surface area (Å²) in [4.78, 5) is 37.4. The number of Topliss-reactive ketones (excluding diaryl/α,β-unsaturated/α-hetero) is 3. The van der Waals surface area contributed by atoms with Crippen molar-refractivity contribution in [3.63, 3.8) is 0 Å². The molecule has 1 fully saturated rings. The monoisotopic (exact) mass is 292 g/mol. The van der Waals surface area contributed by atoms with E-state index >= 15 is 0 Å². The largest absolute Gasteiger partial charge is 0.298 e. The van der Waals surface area contributed by atoms with E-state index in [0.29, 0.717) is 24.0 Å². The fourth-order valence-corrected chi connectivity index (χ4v) is 2.99. The van der Waals surface area contributed by atoms with Crippen LogP contribution in [0.25, 0.3) is 0 Å². The van der Waals surface area contributed by atoms with E-state index < -0.39 is 11.8 Å². The quantitative estimate of drug-likeness (QED) is 0.641. The van der Waals surface area contributed by atoms with Gasteiger partial charge in [0.15, 0.2) is 17.3 Å². The predicted octanol–water partition coefficient (Wildman–Crippen LogP) is 3.35. The van der Waals surface area contributed by atoms with E-state index in [4.69, 9.17) is 0 Å². The Bertz CT molecular complexity index is 642. The Balaban J connectivity index is 1.78. The van der Waals surface area contributed by atoms with Crippen molar-refractivity contribution >= 4 is 17.3 Å². The fraction of sp³-hybridized carbons (Fsp3) is 0.211. The highest BCUT2D eigenvalue weighted by Gasteiger charge is 2.42. The highest BCUT2D eigenvalue weighted by molar-refractivity contribution is 6.20. The van der Waals surface area contributed by atoms with Crippen LogP contribution in [0.2, 0.25) is 0 Å². The summed E-state index contributed by atoms with van der Waals surface area (Å²) < 4.78 is 0. The maximum atomic E-state index is 12.5. The minimum Gasteiger partial charge on any atom is -0.298 e. The molecule has 1 aliphatic rings. The smallest absolute Gasteiger partial charge is 0.173 e. The summed E-state index contributed by atoms with van der Waals surface area (Å²) in [7, 11) is 0. The van der Waals surface area contributed by atoms with E-state index in [2.05, 4.69) is 0 Å². The second kappa shape index (κ2) is 6.06. The van der Waals surface area contributed by atoms with Crippen LogP contribution in [0.15, 0.2) is 60.7 Å². The molecule has 0 saturated heterocycles. The van der Waals surface area contributed by atoms with Gasteiger partial charge in [0.25, 0.3) is 0 Å². The third kappa shape index (κ3) is 2.62. The molecule has 22 heavy (non-hydrogen) atoms. The van der Waals surface area contributed by atoms with Crippen molar-refractivity contribution < 1.29 is 14.4 Å². The Labute approximate surface area is 129 Å². The summed E-state index contributed by atoms with van der Waals surface area (Å²) >= 11 is 0. The van der Waals surface area contributed by atoms with Crippen LogP contribution in [-0.4, -0.2) is 17.3 Å². The molecule has 3 rings (SSSR count). The molecule has 0 unspecified atom stereocenters. The average Bonchev–Trinajstić information content (AvgIpc) is 2.96. The van der Waals surface area contributed by atoms with Crippen LogP contribution in [0.1, 0.15) is 33.6 Å². The molecule has 2 aromatic rings. The van der Waals surface area contributed by atoms with Crippen LogP contribution < -0.4 is 0 Å². The first-order chi connectivity index (χ1) is 10.7. The molecule has 0 bridgehead atoms. The summed E-state index contributed by atoms with van der Waals surface area (Å²) in [6.45, 7) is 0. The molecule has 110 valence electrons. The second-order valence-corrected chi connectivity index (χ2v) is 5.55. The molecule has 0 aliphatic heterocycles. The van der Waals surface area contributed by atoms with Crippen molar-refractivity contribution in [2.24, 2.45) is 11.8 Å². The van der Waals surface area contributed by atoms with Crippen LogP contribution in [0.4, 0.5) is 0 Å². The lowest BCUT2D eigenvalue weighted by Crippen LogP contribution is -2.26. The van der Waals surface area contributed by atoms with Gasteiger partial charge in [-0.25, -0.2) is 0 Å². The lowest BCUT2D eigenvalue weighted by molar-refractivity contribution is -0.121. The van der Waals surface area contributed by atoms with Gasteiger partial charge in [0.2, 0.25) is 0 Å². The van der Waals surface area contributed by atoms with Crippen molar-refractivity contribution in [1.82, 2.24) is 0 Å². The Kier molecular flexibility index (Phi) is 3.96. The molecular formula is C19H16O3. The van der Waals surface area contributed by atoms with Gasteiger partial charge in [0.05, 0.1) is 11.8 Å². The molecule has 2 atom stereocenters. The van der Waals surface area contributed by atoms with E-state index in [1.54, 1.807) is 48.5 Å². The van der Waals surface area contributed by atoms with Gasteiger partial charge in [-0.1, -0.05) is 60.7 Å². The highest BCUT2D eigenvalue weighted by atomic mass is 16.2. The zero-order valence-corrected chi connectivity index (χ0v) is 12.1. The van der Waals surface area contributed by atoms with E-state index in [-0.39, 0.29) is 17.3 Å². The van der Waals surface area contributed by atoms with Gasteiger partial charge in [-0.3, -0.25) is 14.4 Å². The number of benzene rings is 2. The molecule has 0 radical (unpaired) electrons. The predicted molar refractivity (Wildman–Crippen MR) is 82.8 cm³/mol. The number of carbonyl (C=O) groups is 3. The molecule has 3 nitrogen and oxygen atoms in total. The van der Waals surface area contributed by atoms with E-state index in [0.717, 1.165) is 0 Å². The first kappa shape index (κ1) is 14.4. The molecule has 0 amide bonds. The Hall–Kier alpha value is -2.55. The Morgan fingerprint density at radius 2 is 1.05 bits per heavy atom. The number of ketones is 3. The lowest BCUT2D eigenvalue weighted by atomic mass is 9.91. The fourth-order valence-electron chi connectivity index (χ4n) is 2.99.